The van der Waals surface area contributed by atoms with Crippen molar-refractivity contribution in [2.45, 2.75) is 82.4 Å². The Labute approximate surface area is 354 Å². The van der Waals surface area contributed by atoms with Gasteiger partial charge < -0.3 is 52.0 Å². The summed E-state index contributed by atoms with van der Waals surface area (Å²) < 4.78 is 31.2. The first-order valence-corrected chi connectivity index (χ1v) is 20.2. The molecular formula is C41H52F2N6O11S. The molecule has 0 fully saturated rings. The van der Waals surface area contributed by atoms with Gasteiger partial charge >= 0.3 is 17.9 Å². The molecule has 61 heavy (non-hydrogen) atoms. The molecule has 0 saturated heterocycles. The Morgan fingerprint density at radius 3 is 2.15 bits per heavy atom. The maximum absolute atomic E-state index is 15.1. The molecule has 17 nitrogen and oxygen atoms in total. The normalized spacial score (nSPS) is 13.9. The van der Waals surface area contributed by atoms with Gasteiger partial charge in [-0.25, -0.2) is 13.6 Å². The van der Waals surface area contributed by atoms with Crippen molar-refractivity contribution in [3.8, 4) is 11.1 Å². The smallest absolute Gasteiger partial charge is 0.326 e. The number of Topliss-reactive ketones (excluding diaryl/α,β-unsaturated/α-hetero) is 1. The van der Waals surface area contributed by atoms with E-state index in [1.165, 1.54) is 4.90 Å². The summed E-state index contributed by atoms with van der Waals surface area (Å²) in [6.45, 7) is 4.06. The highest BCUT2D eigenvalue weighted by Gasteiger charge is 2.38. The minimum Gasteiger partial charge on any atom is -0.480 e. The Morgan fingerprint density at radius 2 is 1.56 bits per heavy atom. The molecule has 2 aromatic carbocycles. The number of nitrogens with one attached hydrogen (secondary N) is 2. The third-order valence-corrected chi connectivity index (χ3v) is 10.8. The molecule has 20 heteroatoms. The number of amides is 3. The van der Waals surface area contributed by atoms with Crippen LogP contribution in [0.15, 0.2) is 60.8 Å². The second kappa shape index (κ2) is 22.8. The summed E-state index contributed by atoms with van der Waals surface area (Å²) in [5.74, 6) is -8.98. The molecule has 3 amide bonds. The van der Waals surface area contributed by atoms with Crippen molar-refractivity contribution in [2.75, 3.05) is 25.4 Å². The topological polar surface area (TPSA) is 285 Å². The number of halogens is 2. The lowest BCUT2D eigenvalue weighted by Gasteiger charge is -2.41. The third kappa shape index (κ3) is 15.1. The molecule has 1 aromatic heterocycles. The van der Waals surface area contributed by atoms with E-state index in [1.54, 1.807) is 16.8 Å². The van der Waals surface area contributed by atoms with Crippen LogP contribution in [0.25, 0.3) is 11.1 Å². The van der Waals surface area contributed by atoms with Crippen LogP contribution in [0, 0.1) is 17.0 Å². The largest absolute Gasteiger partial charge is 0.480 e. The third-order valence-electron chi connectivity index (χ3n) is 9.50. The van der Waals surface area contributed by atoms with Crippen LogP contribution in [0.2, 0.25) is 0 Å². The van der Waals surface area contributed by atoms with E-state index in [-0.39, 0.29) is 30.8 Å². The SMILES string of the molecule is CC(C)(C)[C@H](c1cc(-c2cc(F)ccc2F)cn1Cc1ccccc1)N(CC[C@H](N)C(=O)N[C@H](CCC(=O)CNC(=O)CC(SC[C@H](N)C(=O)O)C(=O)O)C(=O)O)C(=O)CO. The Balaban J connectivity index is 1.73. The molecule has 0 radical (unpaired) electrons. The highest BCUT2D eigenvalue weighted by Crippen LogP contribution is 2.41. The van der Waals surface area contributed by atoms with Crippen LogP contribution in [-0.2, 0) is 40.1 Å². The Bertz CT molecular complexity index is 2050. The molecule has 3 aromatic rings. The number of aliphatic carboxylic acids is 3. The van der Waals surface area contributed by atoms with Gasteiger partial charge in [-0.15, -0.1) is 11.8 Å². The van der Waals surface area contributed by atoms with Crippen LogP contribution < -0.4 is 22.1 Å². The van der Waals surface area contributed by atoms with Gasteiger partial charge in [0.1, 0.15) is 35.6 Å². The number of benzene rings is 2. The summed E-state index contributed by atoms with van der Waals surface area (Å²) in [6.07, 6.45) is -0.00342. The quantitative estimate of drug-likeness (QED) is 0.0641. The van der Waals surface area contributed by atoms with Crippen LogP contribution in [0.1, 0.15) is 63.8 Å². The second-order valence-corrected chi connectivity index (χ2v) is 16.6. The van der Waals surface area contributed by atoms with E-state index in [0.717, 1.165) is 23.8 Å². The zero-order valence-electron chi connectivity index (χ0n) is 33.9. The number of aromatic nitrogens is 1. The number of nitrogens with two attached hydrogens (primary N) is 2. The summed E-state index contributed by atoms with van der Waals surface area (Å²) in [5, 5.41) is 41.3. The first-order chi connectivity index (χ1) is 28.6. The van der Waals surface area contributed by atoms with Crippen molar-refractivity contribution < 1.29 is 62.8 Å². The van der Waals surface area contributed by atoms with E-state index in [1.807, 2.05) is 51.1 Å². The lowest BCUT2D eigenvalue weighted by Crippen LogP contribution is -2.50. The molecule has 332 valence electrons. The summed E-state index contributed by atoms with van der Waals surface area (Å²) >= 11 is 0.644. The first-order valence-electron chi connectivity index (χ1n) is 19.1. The number of carbonyl (C=O) groups is 7. The Hall–Kier alpha value is -5.70. The Morgan fingerprint density at radius 1 is 0.885 bits per heavy atom. The lowest BCUT2D eigenvalue weighted by molar-refractivity contribution is -0.142. The number of carbonyl (C=O) groups excluding carboxylic acids is 4. The predicted molar refractivity (Wildman–Crippen MR) is 220 cm³/mol. The minimum absolute atomic E-state index is 0.0142. The van der Waals surface area contributed by atoms with Crippen LogP contribution in [-0.4, -0.2) is 120 Å². The van der Waals surface area contributed by atoms with Gasteiger partial charge in [0.05, 0.1) is 18.6 Å². The van der Waals surface area contributed by atoms with E-state index in [9.17, 15) is 53.3 Å². The van der Waals surface area contributed by atoms with Crippen LogP contribution >= 0.6 is 11.8 Å². The van der Waals surface area contributed by atoms with E-state index in [4.69, 9.17) is 16.6 Å². The number of carboxylic acid groups (broad SMARTS) is 3. The molecule has 0 bridgehead atoms. The molecule has 0 spiro atoms. The van der Waals surface area contributed by atoms with Crippen molar-refractivity contribution in [3.05, 3.63) is 83.7 Å². The molecule has 10 N–H and O–H groups in total. The maximum atomic E-state index is 15.1. The number of aliphatic hydroxyl groups excluding tert-OH is 1. The molecule has 0 aliphatic carbocycles. The van der Waals surface area contributed by atoms with Crippen LogP contribution in [0.4, 0.5) is 8.78 Å². The van der Waals surface area contributed by atoms with E-state index in [2.05, 4.69) is 10.6 Å². The van der Waals surface area contributed by atoms with Crippen molar-refractivity contribution in [1.82, 2.24) is 20.1 Å². The molecule has 1 unspecified atom stereocenters. The second-order valence-electron chi connectivity index (χ2n) is 15.4. The summed E-state index contributed by atoms with van der Waals surface area (Å²) in [5.41, 5.74) is 12.5. The molecule has 1 heterocycles. The van der Waals surface area contributed by atoms with Gasteiger partial charge in [-0.3, -0.25) is 28.8 Å². The zero-order chi connectivity index (χ0) is 45.6. The fourth-order valence-electron chi connectivity index (χ4n) is 6.39. The number of nitrogens with zero attached hydrogens (tertiary/aromatic N) is 2. The number of hydrogen-bond donors (Lipinski definition) is 8. The fraction of sp³-hybridized carbons (Fsp3) is 0.439. The van der Waals surface area contributed by atoms with Crippen molar-refractivity contribution >= 4 is 53.2 Å². The molecule has 0 aliphatic heterocycles. The Kier molecular flexibility index (Phi) is 18.5. The fourth-order valence-corrected chi connectivity index (χ4v) is 7.38. The van der Waals surface area contributed by atoms with E-state index >= 15 is 4.39 Å². The van der Waals surface area contributed by atoms with Gasteiger partial charge in [-0.1, -0.05) is 51.1 Å². The number of carboxylic acids is 3. The maximum Gasteiger partial charge on any atom is 0.326 e. The van der Waals surface area contributed by atoms with Crippen LogP contribution in [0.5, 0.6) is 0 Å². The summed E-state index contributed by atoms with van der Waals surface area (Å²) in [7, 11) is 0. The molecule has 3 rings (SSSR count). The molecule has 5 atom stereocenters. The molecule has 0 saturated carbocycles. The van der Waals surface area contributed by atoms with Gasteiger partial charge in [-0.2, -0.15) is 0 Å². The highest BCUT2D eigenvalue weighted by molar-refractivity contribution is 8.00. The number of ketones is 1. The number of aliphatic hydroxyl groups is 1. The monoisotopic (exact) mass is 874 g/mol. The number of hydrogen-bond acceptors (Lipinski definition) is 11. The predicted octanol–water partition coefficient (Wildman–Crippen LogP) is 2.13. The molecule has 0 aliphatic rings. The van der Waals surface area contributed by atoms with Crippen molar-refractivity contribution in [2.24, 2.45) is 16.9 Å². The minimum atomic E-state index is -1.59. The van der Waals surface area contributed by atoms with Gasteiger partial charge in [0, 0.05) is 54.7 Å². The average molecular weight is 875 g/mol. The molecular weight excluding hydrogens is 823 g/mol. The lowest BCUT2D eigenvalue weighted by atomic mass is 9.82. The first kappa shape index (κ1) is 49.7. The van der Waals surface area contributed by atoms with Gasteiger partial charge in [0.2, 0.25) is 17.7 Å². The highest BCUT2D eigenvalue weighted by atomic mass is 32.2. The average Bonchev–Trinajstić information content (AvgIpc) is 3.60. The summed E-state index contributed by atoms with van der Waals surface area (Å²) in [4.78, 5) is 87.4. The van der Waals surface area contributed by atoms with Crippen molar-refractivity contribution in [1.29, 1.82) is 0 Å². The van der Waals surface area contributed by atoms with E-state index in [0.29, 0.717) is 23.0 Å². The van der Waals surface area contributed by atoms with Gasteiger partial charge in [0.25, 0.3) is 0 Å². The van der Waals surface area contributed by atoms with Gasteiger partial charge in [-0.05, 0) is 48.1 Å². The zero-order valence-corrected chi connectivity index (χ0v) is 34.7. The van der Waals surface area contributed by atoms with E-state index < -0.39 is 120 Å². The van der Waals surface area contributed by atoms with Crippen LogP contribution in [0.3, 0.4) is 0 Å². The standard InChI is InChI=1S/C41H52F2N6O11S/c1-41(2,3)36(32-15-24(27-16-25(42)9-11-28(27)43)20-48(32)19-23-7-5-4-6-8-23)49(35(53)21-50)14-13-29(44)37(54)47-31(39(57)58)12-10-26(51)18-46-34(52)17-33(40(59)60)61-22-30(45)38(55)56/h4-9,11,15-16,20,29-31,33,36,50H,10,12-14,17-19,21-22,44-45H2,1-3H3,(H,46,52)(H,47,54)(H,55,56)(H,57,58)(H,59,60)/t29-,30-,31+,33?,36-/m0/s1. The summed E-state index contributed by atoms with van der Waals surface area (Å²) in [6, 6.07) is 8.79. The number of thioether (sulfide) groups is 1. The van der Waals surface area contributed by atoms with Gasteiger partial charge in [0.15, 0.2) is 5.78 Å². The van der Waals surface area contributed by atoms with Crippen molar-refractivity contribution in [3.63, 3.8) is 0 Å². The number of rotatable bonds is 24.